The largest absolute Gasteiger partial charge is 0.449 e. The Morgan fingerprint density at radius 2 is 1.97 bits per heavy atom. The molecule has 1 aromatic rings. The van der Waals surface area contributed by atoms with Gasteiger partial charge in [0.2, 0.25) is 5.91 Å². The SMILES string of the molecule is C[C@@H]1CCCCN(C)C(=O)OCCC[C@H](CONO)[C@@H](CCCc2ccc(Cl)cc2)C(=O)N1. The van der Waals surface area contributed by atoms with Crippen LogP contribution in [0.4, 0.5) is 4.79 Å². The van der Waals surface area contributed by atoms with Crippen molar-refractivity contribution in [2.24, 2.45) is 11.8 Å². The second-order valence-electron chi connectivity index (χ2n) is 8.87. The van der Waals surface area contributed by atoms with Gasteiger partial charge in [-0.05, 0) is 81.9 Å². The normalized spacial score (nSPS) is 23.9. The molecule has 0 aliphatic carbocycles. The second-order valence-corrected chi connectivity index (χ2v) is 9.31. The molecule has 3 N–H and O–H groups in total. The number of aryl methyl sites for hydroxylation is 1. The maximum atomic E-state index is 13.3. The van der Waals surface area contributed by atoms with Crippen molar-refractivity contribution >= 4 is 23.6 Å². The van der Waals surface area contributed by atoms with Gasteiger partial charge in [0.05, 0.1) is 13.2 Å². The average molecular weight is 484 g/mol. The van der Waals surface area contributed by atoms with E-state index in [1.807, 2.05) is 31.2 Å². The van der Waals surface area contributed by atoms with Gasteiger partial charge < -0.3 is 15.0 Å². The molecule has 1 heterocycles. The fourth-order valence-electron chi connectivity index (χ4n) is 4.23. The van der Waals surface area contributed by atoms with Gasteiger partial charge >= 0.3 is 6.09 Å². The van der Waals surface area contributed by atoms with Crippen molar-refractivity contribution in [1.29, 1.82) is 0 Å². The second kappa shape index (κ2) is 15.1. The summed E-state index contributed by atoms with van der Waals surface area (Å²) in [6, 6.07) is 7.79. The van der Waals surface area contributed by atoms with E-state index in [0.29, 0.717) is 30.8 Å². The summed E-state index contributed by atoms with van der Waals surface area (Å²) in [7, 11) is 1.74. The standard InChI is InChI=1S/C24H38ClN3O5/c1-18-7-3-4-15-28(2)24(30)32-16-6-9-20(17-33-27-31)22(23(29)26-18)10-5-8-19-11-13-21(25)14-12-19/h11-14,18,20,22,27,31H,3-10,15-17H2,1-2H3,(H,26,29)/t18-,20-,22-/m1/s1. The van der Waals surface area contributed by atoms with Gasteiger partial charge in [-0.25, -0.2) is 4.79 Å². The van der Waals surface area contributed by atoms with Crippen LogP contribution in [0, 0.1) is 11.8 Å². The number of carbonyl (C=O) groups excluding carboxylic acids is 2. The fraction of sp³-hybridized carbons (Fsp3) is 0.667. The summed E-state index contributed by atoms with van der Waals surface area (Å²) in [5.74, 6) is -0.408. The van der Waals surface area contributed by atoms with Gasteiger partial charge in [-0.1, -0.05) is 29.4 Å². The first-order valence-electron chi connectivity index (χ1n) is 11.8. The van der Waals surface area contributed by atoms with Gasteiger partial charge in [-0.3, -0.25) is 14.8 Å². The minimum Gasteiger partial charge on any atom is -0.449 e. The van der Waals surface area contributed by atoms with E-state index in [9.17, 15) is 9.59 Å². The molecule has 0 unspecified atom stereocenters. The summed E-state index contributed by atoms with van der Waals surface area (Å²) in [6.45, 7) is 3.10. The molecule has 2 amide bonds. The molecule has 8 nitrogen and oxygen atoms in total. The molecule has 1 aliphatic heterocycles. The Labute approximate surface area is 201 Å². The molecule has 0 radical (unpaired) electrons. The van der Waals surface area contributed by atoms with Crippen molar-refractivity contribution in [1.82, 2.24) is 15.9 Å². The third kappa shape index (κ3) is 10.3. The number of rotatable bonds is 7. The summed E-state index contributed by atoms with van der Waals surface area (Å²) >= 11 is 5.98. The van der Waals surface area contributed by atoms with E-state index in [0.717, 1.165) is 32.1 Å². The minimum atomic E-state index is -0.323. The van der Waals surface area contributed by atoms with E-state index < -0.39 is 0 Å². The Morgan fingerprint density at radius 3 is 2.70 bits per heavy atom. The zero-order valence-electron chi connectivity index (χ0n) is 19.7. The smallest absolute Gasteiger partial charge is 0.409 e. The number of ether oxygens (including phenoxy) is 1. The van der Waals surface area contributed by atoms with Gasteiger partial charge in [0, 0.05) is 30.6 Å². The molecule has 0 bridgehead atoms. The van der Waals surface area contributed by atoms with Gasteiger partial charge in [0.15, 0.2) is 0 Å². The fourth-order valence-corrected chi connectivity index (χ4v) is 4.36. The van der Waals surface area contributed by atoms with Gasteiger partial charge in [-0.15, -0.1) is 0 Å². The Bertz CT molecular complexity index is 719. The highest BCUT2D eigenvalue weighted by Crippen LogP contribution is 2.25. The molecule has 186 valence electrons. The highest BCUT2D eigenvalue weighted by Gasteiger charge is 2.29. The molecule has 1 aromatic carbocycles. The van der Waals surface area contributed by atoms with Crippen molar-refractivity contribution in [3.8, 4) is 0 Å². The molecule has 3 atom stereocenters. The summed E-state index contributed by atoms with van der Waals surface area (Å²) < 4.78 is 5.38. The highest BCUT2D eigenvalue weighted by atomic mass is 35.5. The maximum absolute atomic E-state index is 13.3. The van der Waals surface area contributed by atoms with Crippen LogP contribution in [0.25, 0.3) is 0 Å². The van der Waals surface area contributed by atoms with E-state index >= 15 is 0 Å². The topological polar surface area (TPSA) is 100 Å². The van der Waals surface area contributed by atoms with E-state index in [4.69, 9.17) is 26.4 Å². The van der Waals surface area contributed by atoms with Crippen molar-refractivity contribution < 1.29 is 24.4 Å². The summed E-state index contributed by atoms with van der Waals surface area (Å²) in [6.07, 6.45) is 5.87. The molecule has 0 spiro atoms. The van der Waals surface area contributed by atoms with Crippen LogP contribution in [0.2, 0.25) is 5.02 Å². The van der Waals surface area contributed by atoms with E-state index in [2.05, 4.69) is 5.32 Å². The number of amides is 2. The molecule has 0 saturated carbocycles. The Balaban J connectivity index is 2.09. The molecule has 33 heavy (non-hydrogen) atoms. The van der Waals surface area contributed by atoms with Crippen molar-refractivity contribution in [2.45, 2.75) is 64.3 Å². The monoisotopic (exact) mass is 483 g/mol. The van der Waals surface area contributed by atoms with Crippen LogP contribution in [0.15, 0.2) is 24.3 Å². The number of halogens is 1. The third-order valence-electron chi connectivity index (χ3n) is 6.19. The van der Waals surface area contributed by atoms with Crippen LogP contribution < -0.4 is 11.0 Å². The van der Waals surface area contributed by atoms with Gasteiger partial charge in [0.25, 0.3) is 0 Å². The third-order valence-corrected chi connectivity index (χ3v) is 6.44. The van der Waals surface area contributed by atoms with Crippen molar-refractivity contribution in [3.05, 3.63) is 34.9 Å². The molecular weight excluding hydrogens is 446 g/mol. The quantitative estimate of drug-likeness (QED) is 0.499. The van der Waals surface area contributed by atoms with Crippen molar-refractivity contribution in [2.75, 3.05) is 26.8 Å². The summed E-state index contributed by atoms with van der Waals surface area (Å²) in [4.78, 5) is 32.1. The van der Waals surface area contributed by atoms with Crippen LogP contribution in [0.3, 0.4) is 0 Å². The highest BCUT2D eigenvalue weighted by molar-refractivity contribution is 6.30. The minimum absolute atomic E-state index is 0.00845. The Kier molecular flexibility index (Phi) is 12.5. The number of nitrogens with one attached hydrogen (secondary N) is 2. The first-order chi connectivity index (χ1) is 15.9. The van der Waals surface area contributed by atoms with Crippen LogP contribution in [-0.2, 0) is 20.8 Å². The Hall–Kier alpha value is -1.87. The lowest BCUT2D eigenvalue weighted by molar-refractivity contribution is -0.148. The molecule has 1 aliphatic rings. The van der Waals surface area contributed by atoms with Crippen LogP contribution in [0.1, 0.15) is 57.4 Å². The number of cyclic esters (lactones) is 1. The molecule has 9 heteroatoms. The lowest BCUT2D eigenvalue weighted by Gasteiger charge is -2.27. The van der Waals surface area contributed by atoms with Crippen molar-refractivity contribution in [3.63, 3.8) is 0 Å². The molecule has 1 fully saturated rings. The van der Waals surface area contributed by atoms with Gasteiger partial charge in [-0.2, -0.15) is 0 Å². The number of nitrogens with zero attached hydrogens (tertiary/aromatic N) is 1. The summed E-state index contributed by atoms with van der Waals surface area (Å²) in [5.41, 5.74) is 2.91. The average Bonchev–Trinajstić information content (AvgIpc) is 2.80. The molecule has 0 aromatic heterocycles. The van der Waals surface area contributed by atoms with Crippen LogP contribution in [0.5, 0.6) is 0 Å². The number of hydrogen-bond acceptors (Lipinski definition) is 6. The van der Waals surface area contributed by atoms with Crippen LogP contribution in [-0.4, -0.2) is 55.0 Å². The Morgan fingerprint density at radius 1 is 1.21 bits per heavy atom. The predicted octanol–water partition coefficient (Wildman–Crippen LogP) is 4.34. The molecule has 1 saturated heterocycles. The van der Waals surface area contributed by atoms with E-state index in [-0.39, 0.29) is 43.1 Å². The number of carbonyl (C=O) groups is 2. The van der Waals surface area contributed by atoms with E-state index in [1.165, 1.54) is 5.56 Å². The zero-order chi connectivity index (χ0) is 24.1. The molecule has 2 rings (SSSR count). The van der Waals surface area contributed by atoms with Gasteiger partial charge in [0.1, 0.15) is 0 Å². The number of hydrogen-bond donors (Lipinski definition) is 3. The zero-order valence-corrected chi connectivity index (χ0v) is 20.5. The lowest BCUT2D eigenvalue weighted by atomic mass is 9.83. The first kappa shape index (κ1) is 27.4. The van der Waals surface area contributed by atoms with Crippen LogP contribution >= 0.6 is 11.6 Å². The maximum Gasteiger partial charge on any atom is 0.409 e. The molecular formula is C24H38ClN3O5. The predicted molar refractivity (Wildman–Crippen MR) is 127 cm³/mol. The summed E-state index contributed by atoms with van der Waals surface area (Å²) in [5, 5.41) is 12.8. The number of benzene rings is 1. The van der Waals surface area contributed by atoms with E-state index in [1.54, 1.807) is 17.6 Å². The lowest BCUT2D eigenvalue weighted by Crippen LogP contribution is -2.41. The first-order valence-corrected chi connectivity index (χ1v) is 12.2.